The first kappa shape index (κ1) is 13.6. The van der Waals surface area contributed by atoms with Gasteiger partial charge in [-0.2, -0.15) is 11.8 Å². The first-order chi connectivity index (χ1) is 7.76. The smallest absolute Gasteiger partial charge is 0.0205 e. The van der Waals surface area contributed by atoms with Crippen molar-refractivity contribution < 1.29 is 0 Å². The van der Waals surface area contributed by atoms with Crippen LogP contribution in [0.2, 0.25) is 0 Å². The zero-order valence-corrected chi connectivity index (χ0v) is 11.4. The molecule has 1 rings (SSSR count). The van der Waals surface area contributed by atoms with Crippen LogP contribution in [0, 0.1) is 5.92 Å². The molecule has 0 saturated heterocycles. The number of benzene rings is 1. The fourth-order valence-electron chi connectivity index (χ4n) is 1.70. The molecular formula is C14H23NS. The van der Waals surface area contributed by atoms with Crippen molar-refractivity contribution in [2.45, 2.75) is 26.8 Å². The lowest BCUT2D eigenvalue weighted by Crippen LogP contribution is -2.21. The van der Waals surface area contributed by atoms with Crippen molar-refractivity contribution in [3.05, 3.63) is 35.4 Å². The second kappa shape index (κ2) is 7.75. The molecule has 0 aromatic heterocycles. The van der Waals surface area contributed by atoms with Crippen LogP contribution in [-0.2, 0) is 13.0 Å². The van der Waals surface area contributed by atoms with Crippen molar-refractivity contribution in [3.8, 4) is 0 Å². The van der Waals surface area contributed by atoms with E-state index in [4.69, 9.17) is 0 Å². The topological polar surface area (TPSA) is 12.0 Å². The molecule has 1 aromatic carbocycles. The van der Waals surface area contributed by atoms with E-state index in [1.807, 2.05) is 11.8 Å². The number of rotatable bonds is 7. The molecule has 16 heavy (non-hydrogen) atoms. The number of nitrogens with one attached hydrogen (secondary N) is 1. The number of hydrogen-bond acceptors (Lipinski definition) is 2. The molecular weight excluding hydrogens is 214 g/mol. The Morgan fingerprint density at radius 1 is 1.19 bits per heavy atom. The molecule has 1 aromatic rings. The van der Waals surface area contributed by atoms with Gasteiger partial charge in [0, 0.05) is 6.54 Å². The van der Waals surface area contributed by atoms with Crippen LogP contribution in [0.1, 0.15) is 25.0 Å². The minimum atomic E-state index is 0.755. The molecule has 0 fully saturated rings. The van der Waals surface area contributed by atoms with Crippen LogP contribution in [0.5, 0.6) is 0 Å². The summed E-state index contributed by atoms with van der Waals surface area (Å²) >= 11 is 1.92. The lowest BCUT2D eigenvalue weighted by molar-refractivity contribution is 0.559. The van der Waals surface area contributed by atoms with Gasteiger partial charge in [-0.15, -0.1) is 0 Å². The van der Waals surface area contributed by atoms with Gasteiger partial charge in [-0.3, -0.25) is 0 Å². The van der Waals surface area contributed by atoms with Gasteiger partial charge in [0.05, 0.1) is 0 Å². The van der Waals surface area contributed by atoms with Gasteiger partial charge in [0.15, 0.2) is 0 Å². The quantitative estimate of drug-likeness (QED) is 0.780. The van der Waals surface area contributed by atoms with Crippen LogP contribution < -0.4 is 5.32 Å². The van der Waals surface area contributed by atoms with Crippen LogP contribution in [0.4, 0.5) is 0 Å². The maximum atomic E-state index is 3.51. The monoisotopic (exact) mass is 237 g/mol. The highest BCUT2D eigenvalue weighted by molar-refractivity contribution is 7.98. The molecule has 1 unspecified atom stereocenters. The van der Waals surface area contributed by atoms with Gasteiger partial charge >= 0.3 is 0 Å². The SMILES string of the molecule is CCc1ccc(CNCC(C)CSC)cc1. The largest absolute Gasteiger partial charge is 0.312 e. The summed E-state index contributed by atoms with van der Waals surface area (Å²) in [6.45, 7) is 6.58. The van der Waals surface area contributed by atoms with Gasteiger partial charge in [0.1, 0.15) is 0 Å². The van der Waals surface area contributed by atoms with Crippen molar-refractivity contribution >= 4 is 11.8 Å². The normalized spacial score (nSPS) is 12.7. The fourth-order valence-corrected chi connectivity index (χ4v) is 2.39. The lowest BCUT2D eigenvalue weighted by atomic mass is 10.1. The van der Waals surface area contributed by atoms with Crippen LogP contribution in [0.3, 0.4) is 0 Å². The first-order valence-corrected chi connectivity index (χ1v) is 7.43. The van der Waals surface area contributed by atoms with E-state index < -0.39 is 0 Å². The van der Waals surface area contributed by atoms with Gasteiger partial charge in [0.25, 0.3) is 0 Å². The number of aryl methyl sites for hydroxylation is 1. The molecule has 0 amide bonds. The maximum absolute atomic E-state index is 3.51. The molecule has 90 valence electrons. The summed E-state index contributed by atoms with van der Waals surface area (Å²) in [4.78, 5) is 0. The van der Waals surface area contributed by atoms with E-state index in [1.54, 1.807) is 0 Å². The van der Waals surface area contributed by atoms with Crippen LogP contribution in [-0.4, -0.2) is 18.6 Å². The van der Waals surface area contributed by atoms with E-state index in [2.05, 4.69) is 49.7 Å². The zero-order chi connectivity index (χ0) is 11.8. The van der Waals surface area contributed by atoms with Gasteiger partial charge in [-0.05, 0) is 42.0 Å². The average molecular weight is 237 g/mol. The van der Waals surface area contributed by atoms with Crippen molar-refractivity contribution in [3.63, 3.8) is 0 Å². The van der Waals surface area contributed by atoms with Crippen molar-refractivity contribution in [2.75, 3.05) is 18.6 Å². The lowest BCUT2D eigenvalue weighted by Gasteiger charge is -2.11. The third kappa shape index (κ3) is 5.04. The summed E-state index contributed by atoms with van der Waals surface area (Å²) in [6.07, 6.45) is 3.29. The Morgan fingerprint density at radius 3 is 2.38 bits per heavy atom. The van der Waals surface area contributed by atoms with E-state index in [0.29, 0.717) is 0 Å². The minimum absolute atomic E-state index is 0.755. The summed E-state index contributed by atoms with van der Waals surface area (Å²) in [5.41, 5.74) is 2.80. The second-order valence-corrected chi connectivity index (χ2v) is 5.27. The number of hydrogen-bond donors (Lipinski definition) is 1. The third-order valence-corrected chi connectivity index (χ3v) is 3.61. The van der Waals surface area contributed by atoms with Crippen molar-refractivity contribution in [1.29, 1.82) is 0 Å². The Bertz CT molecular complexity index is 281. The zero-order valence-electron chi connectivity index (χ0n) is 10.6. The Morgan fingerprint density at radius 2 is 1.81 bits per heavy atom. The minimum Gasteiger partial charge on any atom is -0.312 e. The highest BCUT2D eigenvalue weighted by Crippen LogP contribution is 2.06. The van der Waals surface area contributed by atoms with E-state index in [1.165, 1.54) is 16.9 Å². The Hall–Kier alpha value is -0.470. The molecule has 1 atom stereocenters. The summed E-state index contributed by atoms with van der Waals surface area (Å²) < 4.78 is 0. The van der Waals surface area contributed by atoms with E-state index in [0.717, 1.165) is 25.4 Å². The van der Waals surface area contributed by atoms with E-state index in [-0.39, 0.29) is 0 Å². The molecule has 0 saturated carbocycles. The summed E-state index contributed by atoms with van der Waals surface area (Å²) in [5.74, 6) is 1.99. The van der Waals surface area contributed by atoms with E-state index in [9.17, 15) is 0 Å². The van der Waals surface area contributed by atoms with Crippen LogP contribution in [0.15, 0.2) is 24.3 Å². The van der Waals surface area contributed by atoms with E-state index >= 15 is 0 Å². The molecule has 2 heteroatoms. The molecule has 1 N–H and O–H groups in total. The summed E-state index contributed by atoms with van der Waals surface area (Å²) in [5, 5.41) is 3.51. The highest BCUT2D eigenvalue weighted by atomic mass is 32.2. The van der Waals surface area contributed by atoms with Gasteiger partial charge in [0.2, 0.25) is 0 Å². The predicted molar refractivity (Wildman–Crippen MR) is 75.1 cm³/mol. The Labute approximate surface area is 104 Å². The van der Waals surface area contributed by atoms with Gasteiger partial charge in [-0.25, -0.2) is 0 Å². The Balaban J connectivity index is 2.26. The highest BCUT2D eigenvalue weighted by Gasteiger charge is 2.00. The standard InChI is InChI=1S/C14H23NS/c1-4-13-5-7-14(8-6-13)10-15-9-12(2)11-16-3/h5-8,12,15H,4,9-11H2,1-3H3. The van der Waals surface area contributed by atoms with Gasteiger partial charge in [-0.1, -0.05) is 38.1 Å². The Kier molecular flexibility index (Phi) is 6.58. The molecule has 0 heterocycles. The van der Waals surface area contributed by atoms with Gasteiger partial charge < -0.3 is 5.32 Å². The molecule has 0 aliphatic carbocycles. The average Bonchev–Trinajstić information content (AvgIpc) is 2.30. The summed E-state index contributed by atoms with van der Waals surface area (Å²) in [7, 11) is 0. The van der Waals surface area contributed by atoms with Crippen molar-refractivity contribution in [1.82, 2.24) is 5.32 Å². The molecule has 1 nitrogen and oxygen atoms in total. The third-order valence-electron chi connectivity index (χ3n) is 2.70. The molecule has 0 bridgehead atoms. The molecule has 0 radical (unpaired) electrons. The van der Waals surface area contributed by atoms with Crippen LogP contribution >= 0.6 is 11.8 Å². The predicted octanol–water partition coefficient (Wildman–Crippen LogP) is 3.34. The van der Waals surface area contributed by atoms with Crippen LogP contribution in [0.25, 0.3) is 0 Å². The molecule has 0 spiro atoms. The number of thioether (sulfide) groups is 1. The van der Waals surface area contributed by atoms with Crippen molar-refractivity contribution in [2.24, 2.45) is 5.92 Å². The molecule has 0 aliphatic heterocycles. The maximum Gasteiger partial charge on any atom is 0.0205 e. The summed E-state index contributed by atoms with van der Waals surface area (Å²) in [6, 6.07) is 8.90. The first-order valence-electron chi connectivity index (χ1n) is 6.03. The fraction of sp³-hybridized carbons (Fsp3) is 0.571. The second-order valence-electron chi connectivity index (χ2n) is 4.36. The molecule has 0 aliphatic rings.